The van der Waals surface area contributed by atoms with E-state index in [1.165, 1.54) is 16.6 Å². The number of hydrogen-bond acceptors (Lipinski definition) is 6. The monoisotopic (exact) mass is 450 g/mol. The van der Waals surface area contributed by atoms with Gasteiger partial charge in [0.2, 0.25) is 11.1 Å². The highest BCUT2D eigenvalue weighted by molar-refractivity contribution is 7.99. The number of hydrogen-bond donors (Lipinski definition) is 2. The van der Waals surface area contributed by atoms with Gasteiger partial charge in [0.05, 0.1) is 18.9 Å². The van der Waals surface area contributed by atoms with Gasteiger partial charge in [0.25, 0.3) is 0 Å². The Balaban J connectivity index is 1.40. The van der Waals surface area contributed by atoms with E-state index in [2.05, 4.69) is 26.6 Å². The number of aromatic amines is 1. The molecule has 0 aliphatic carbocycles. The second-order valence-electron chi connectivity index (χ2n) is 6.79. The van der Waals surface area contributed by atoms with Crippen LogP contribution in [0.5, 0.6) is 5.75 Å². The van der Waals surface area contributed by atoms with Crippen LogP contribution in [0, 0.1) is 0 Å². The molecule has 1 amide bonds. The minimum Gasteiger partial charge on any atom is -0.497 e. The topological polar surface area (TPSA) is 79.9 Å². The number of nitrogens with zero attached hydrogens (tertiary/aromatic N) is 2. The summed E-state index contributed by atoms with van der Waals surface area (Å²) in [6.07, 6.45) is 0.713. The summed E-state index contributed by atoms with van der Waals surface area (Å²) in [4.78, 5) is 18.4. The van der Waals surface area contributed by atoms with Gasteiger partial charge in [-0.15, -0.1) is 16.4 Å². The highest BCUT2D eigenvalue weighted by Gasteiger charge is 2.18. The largest absolute Gasteiger partial charge is 0.497 e. The zero-order valence-electron chi connectivity index (χ0n) is 16.9. The molecule has 2 aromatic heterocycles. The summed E-state index contributed by atoms with van der Waals surface area (Å²) in [7, 11) is 1.64. The Morgan fingerprint density at radius 2 is 1.87 bits per heavy atom. The fraction of sp³-hybridized carbons (Fsp3) is 0.174. The van der Waals surface area contributed by atoms with Crippen LogP contribution < -0.4 is 10.1 Å². The molecule has 0 radical (unpaired) electrons. The Morgan fingerprint density at radius 1 is 1.10 bits per heavy atom. The smallest absolute Gasteiger partial charge is 0.231 e. The van der Waals surface area contributed by atoms with Gasteiger partial charge in [-0.05, 0) is 34.7 Å². The van der Waals surface area contributed by atoms with E-state index in [0.29, 0.717) is 11.6 Å². The maximum absolute atomic E-state index is 12.7. The fourth-order valence-corrected chi connectivity index (χ4v) is 4.47. The van der Waals surface area contributed by atoms with Crippen molar-refractivity contribution in [3.05, 3.63) is 93.9 Å². The molecular formula is C23H22N4O2S2. The standard InChI is InChI=1S/C23H22N4O2S2/c1-29-18-11-9-17(10-12-18)22(16-6-3-2-4-7-16)25-21(28)15-31-23-24-20(26-27-23)14-19-8-5-13-30-19/h2-13,22H,14-15H2,1H3,(H,25,28)(H,24,26,27). The molecule has 8 heteroatoms. The van der Waals surface area contributed by atoms with Crippen molar-refractivity contribution in [1.82, 2.24) is 20.5 Å². The highest BCUT2D eigenvalue weighted by Crippen LogP contribution is 2.25. The lowest BCUT2D eigenvalue weighted by Gasteiger charge is -2.20. The number of aromatic nitrogens is 3. The van der Waals surface area contributed by atoms with E-state index >= 15 is 0 Å². The molecule has 2 heterocycles. The van der Waals surface area contributed by atoms with E-state index in [1.807, 2.05) is 66.0 Å². The molecule has 0 aliphatic heterocycles. The first-order chi connectivity index (χ1) is 15.2. The number of nitrogens with one attached hydrogen (secondary N) is 2. The molecule has 31 heavy (non-hydrogen) atoms. The summed E-state index contributed by atoms with van der Waals surface area (Å²) in [5.74, 6) is 1.72. The third kappa shape index (κ3) is 5.74. The molecule has 2 aromatic carbocycles. The van der Waals surface area contributed by atoms with Crippen LogP contribution in [0.1, 0.15) is 27.9 Å². The molecule has 0 fully saturated rings. The van der Waals surface area contributed by atoms with E-state index in [4.69, 9.17) is 4.74 Å². The van der Waals surface area contributed by atoms with Gasteiger partial charge in [-0.25, -0.2) is 4.98 Å². The Labute approximate surface area is 189 Å². The molecule has 2 N–H and O–H groups in total. The first-order valence-corrected chi connectivity index (χ1v) is 11.6. The van der Waals surface area contributed by atoms with Crippen molar-refractivity contribution in [3.63, 3.8) is 0 Å². The molecule has 4 rings (SSSR count). The first kappa shape index (κ1) is 21.1. The maximum Gasteiger partial charge on any atom is 0.231 e. The molecule has 1 atom stereocenters. The fourth-order valence-electron chi connectivity index (χ4n) is 3.13. The molecule has 0 bridgehead atoms. The maximum atomic E-state index is 12.7. The van der Waals surface area contributed by atoms with Gasteiger partial charge < -0.3 is 10.1 Å². The Hall–Kier alpha value is -3.10. The molecule has 0 saturated carbocycles. The molecule has 158 valence electrons. The van der Waals surface area contributed by atoms with Gasteiger partial charge in [-0.3, -0.25) is 9.89 Å². The molecule has 4 aromatic rings. The van der Waals surface area contributed by atoms with Crippen molar-refractivity contribution in [2.75, 3.05) is 12.9 Å². The number of methoxy groups -OCH3 is 1. The molecular weight excluding hydrogens is 428 g/mol. The normalized spacial score (nSPS) is 11.8. The quantitative estimate of drug-likeness (QED) is 0.368. The first-order valence-electron chi connectivity index (χ1n) is 9.76. The van der Waals surface area contributed by atoms with Crippen LogP contribution in [0.3, 0.4) is 0 Å². The van der Waals surface area contributed by atoms with Crippen LogP contribution in [0.4, 0.5) is 0 Å². The minimum atomic E-state index is -0.248. The Kier molecular flexibility index (Phi) is 7.01. The van der Waals surface area contributed by atoms with Crippen LogP contribution in [0.15, 0.2) is 77.3 Å². The van der Waals surface area contributed by atoms with Gasteiger partial charge in [-0.2, -0.15) is 0 Å². The number of ether oxygens (including phenoxy) is 1. The van der Waals surface area contributed by atoms with Crippen LogP contribution in [-0.2, 0) is 11.2 Å². The van der Waals surface area contributed by atoms with E-state index in [9.17, 15) is 4.79 Å². The summed E-state index contributed by atoms with van der Waals surface area (Å²) < 4.78 is 5.25. The second kappa shape index (κ2) is 10.3. The molecule has 0 aliphatic rings. The average molecular weight is 451 g/mol. The van der Waals surface area contributed by atoms with Gasteiger partial charge >= 0.3 is 0 Å². The van der Waals surface area contributed by atoms with Crippen molar-refractivity contribution in [1.29, 1.82) is 0 Å². The van der Waals surface area contributed by atoms with Crippen LogP contribution in [0.2, 0.25) is 0 Å². The van der Waals surface area contributed by atoms with Crippen molar-refractivity contribution in [3.8, 4) is 5.75 Å². The zero-order chi connectivity index (χ0) is 21.5. The number of thiophene rings is 1. The number of carbonyl (C=O) groups is 1. The molecule has 0 saturated heterocycles. The van der Waals surface area contributed by atoms with E-state index in [0.717, 1.165) is 22.7 Å². The minimum absolute atomic E-state index is 0.0840. The van der Waals surface area contributed by atoms with Gasteiger partial charge in [-0.1, -0.05) is 60.3 Å². The number of amides is 1. The lowest BCUT2D eigenvalue weighted by molar-refractivity contribution is -0.119. The van der Waals surface area contributed by atoms with E-state index in [1.54, 1.807) is 18.4 Å². The zero-order valence-corrected chi connectivity index (χ0v) is 18.6. The lowest BCUT2D eigenvalue weighted by atomic mass is 9.98. The second-order valence-corrected chi connectivity index (χ2v) is 8.77. The van der Waals surface area contributed by atoms with Crippen molar-refractivity contribution >= 4 is 29.0 Å². The summed E-state index contributed by atoms with van der Waals surface area (Å²) in [6, 6.07) is 21.5. The predicted molar refractivity (Wildman–Crippen MR) is 124 cm³/mol. The number of rotatable bonds is 9. The third-order valence-corrected chi connectivity index (χ3v) is 6.38. The van der Waals surface area contributed by atoms with E-state index in [-0.39, 0.29) is 17.7 Å². The molecule has 0 spiro atoms. The molecule has 6 nitrogen and oxygen atoms in total. The van der Waals surface area contributed by atoms with Crippen LogP contribution >= 0.6 is 23.1 Å². The van der Waals surface area contributed by atoms with Gasteiger partial charge in [0.15, 0.2) is 0 Å². The van der Waals surface area contributed by atoms with Gasteiger partial charge in [0.1, 0.15) is 11.6 Å². The SMILES string of the molecule is COc1ccc(C(NC(=O)CSc2n[nH]c(Cc3cccs3)n2)c2ccccc2)cc1. The van der Waals surface area contributed by atoms with Crippen LogP contribution in [-0.4, -0.2) is 34.0 Å². The summed E-state index contributed by atoms with van der Waals surface area (Å²) in [6.45, 7) is 0. The summed E-state index contributed by atoms with van der Waals surface area (Å²) in [5, 5.41) is 12.9. The van der Waals surface area contributed by atoms with E-state index < -0.39 is 0 Å². The number of carbonyl (C=O) groups excluding carboxylic acids is 1. The number of thioether (sulfide) groups is 1. The van der Waals surface area contributed by atoms with Gasteiger partial charge in [0, 0.05) is 11.3 Å². The summed E-state index contributed by atoms with van der Waals surface area (Å²) >= 11 is 3.00. The summed E-state index contributed by atoms with van der Waals surface area (Å²) in [5.41, 5.74) is 2.00. The number of benzene rings is 2. The number of H-pyrrole nitrogens is 1. The van der Waals surface area contributed by atoms with Crippen LogP contribution in [0.25, 0.3) is 0 Å². The highest BCUT2D eigenvalue weighted by atomic mass is 32.2. The lowest BCUT2D eigenvalue weighted by Crippen LogP contribution is -2.30. The Bertz CT molecular complexity index is 1100. The predicted octanol–water partition coefficient (Wildman–Crippen LogP) is 4.46. The van der Waals surface area contributed by atoms with Crippen molar-refractivity contribution < 1.29 is 9.53 Å². The van der Waals surface area contributed by atoms with Crippen molar-refractivity contribution in [2.45, 2.75) is 17.6 Å². The average Bonchev–Trinajstić information content (AvgIpc) is 3.49. The molecule has 1 unspecified atom stereocenters. The van der Waals surface area contributed by atoms with Crippen molar-refractivity contribution in [2.24, 2.45) is 0 Å². The third-order valence-electron chi connectivity index (χ3n) is 4.65. The Morgan fingerprint density at radius 3 is 2.58 bits per heavy atom.